The Morgan fingerprint density at radius 3 is 2.35 bits per heavy atom. The molecule has 0 bridgehead atoms. The molecule has 0 aliphatic rings. The smallest absolute Gasteiger partial charge is 0.180 e. The van der Waals surface area contributed by atoms with Crippen LogP contribution in [0.15, 0.2) is 54.6 Å². The average Bonchev–Trinajstić information content (AvgIpc) is 2.73. The van der Waals surface area contributed by atoms with Gasteiger partial charge in [-0.25, -0.2) is 0 Å². The normalized spacial score (nSPS) is 11.2. The summed E-state index contributed by atoms with van der Waals surface area (Å²) in [7, 11) is 0. The molecule has 0 aliphatic heterocycles. The van der Waals surface area contributed by atoms with Gasteiger partial charge < -0.3 is 9.47 Å². The third kappa shape index (κ3) is 5.95. The SMILES string of the molecule is CCOc1cc(/C=C(/C#N)c2ccc(C)cc2)cc(Cl)c1OCc1ccc(Cl)cc1Cl. The standard InChI is InChI=1S/C25H20Cl3NO2/c1-3-30-24-12-17(10-20(14-29)18-6-4-16(2)5-7-18)11-23(28)25(24)31-15-19-8-9-21(26)13-22(19)27/h4-13H,3,15H2,1-2H3/b20-10-. The van der Waals surface area contributed by atoms with Crippen molar-refractivity contribution < 1.29 is 9.47 Å². The van der Waals surface area contributed by atoms with Crippen molar-refractivity contribution in [2.45, 2.75) is 20.5 Å². The molecule has 0 fully saturated rings. The van der Waals surface area contributed by atoms with Gasteiger partial charge in [-0.05, 0) is 55.3 Å². The molecule has 0 unspecified atom stereocenters. The van der Waals surface area contributed by atoms with E-state index in [1.165, 1.54) is 0 Å². The van der Waals surface area contributed by atoms with Crippen LogP contribution in [0.4, 0.5) is 0 Å². The number of benzene rings is 3. The molecular weight excluding hydrogens is 453 g/mol. The number of nitrogens with zero attached hydrogens (tertiary/aromatic N) is 1. The molecule has 3 rings (SSSR count). The Balaban J connectivity index is 1.92. The highest BCUT2D eigenvalue weighted by Crippen LogP contribution is 2.38. The number of hydrogen-bond acceptors (Lipinski definition) is 3. The maximum Gasteiger partial charge on any atom is 0.180 e. The molecule has 0 aromatic heterocycles. The molecule has 158 valence electrons. The van der Waals surface area contributed by atoms with Crippen LogP contribution in [-0.4, -0.2) is 6.61 Å². The first-order valence-electron chi connectivity index (χ1n) is 9.63. The Bertz CT molecular complexity index is 1150. The van der Waals surface area contributed by atoms with E-state index >= 15 is 0 Å². The zero-order chi connectivity index (χ0) is 22.4. The molecule has 0 spiro atoms. The summed E-state index contributed by atoms with van der Waals surface area (Å²) in [6.45, 7) is 4.52. The first-order valence-corrected chi connectivity index (χ1v) is 10.8. The van der Waals surface area contributed by atoms with Gasteiger partial charge in [0.25, 0.3) is 0 Å². The van der Waals surface area contributed by atoms with E-state index in [0.29, 0.717) is 38.7 Å². The Labute approximate surface area is 197 Å². The lowest BCUT2D eigenvalue weighted by atomic mass is 10.0. The van der Waals surface area contributed by atoms with Crippen molar-refractivity contribution >= 4 is 46.5 Å². The van der Waals surface area contributed by atoms with Gasteiger partial charge in [-0.2, -0.15) is 5.26 Å². The minimum atomic E-state index is 0.206. The first kappa shape index (κ1) is 23.0. The second-order valence-corrected chi connectivity index (χ2v) is 8.07. The van der Waals surface area contributed by atoms with Gasteiger partial charge in [0.2, 0.25) is 0 Å². The summed E-state index contributed by atoms with van der Waals surface area (Å²) in [5, 5.41) is 11.1. The lowest BCUT2D eigenvalue weighted by Gasteiger charge is -2.15. The van der Waals surface area contributed by atoms with Crippen LogP contribution in [0.3, 0.4) is 0 Å². The fourth-order valence-electron chi connectivity index (χ4n) is 2.94. The van der Waals surface area contributed by atoms with E-state index in [-0.39, 0.29) is 6.61 Å². The molecule has 0 N–H and O–H groups in total. The zero-order valence-corrected chi connectivity index (χ0v) is 19.4. The average molecular weight is 473 g/mol. The topological polar surface area (TPSA) is 42.2 Å². The number of halogens is 3. The highest BCUT2D eigenvalue weighted by atomic mass is 35.5. The zero-order valence-electron chi connectivity index (χ0n) is 17.1. The van der Waals surface area contributed by atoms with E-state index < -0.39 is 0 Å². The van der Waals surface area contributed by atoms with E-state index in [1.54, 1.807) is 36.4 Å². The third-order valence-electron chi connectivity index (χ3n) is 4.51. The maximum atomic E-state index is 9.63. The summed E-state index contributed by atoms with van der Waals surface area (Å²) in [4.78, 5) is 0. The van der Waals surface area contributed by atoms with E-state index in [0.717, 1.165) is 22.3 Å². The maximum absolute atomic E-state index is 9.63. The number of nitriles is 1. The summed E-state index contributed by atoms with van der Waals surface area (Å²) in [5.74, 6) is 0.910. The van der Waals surface area contributed by atoms with Crippen molar-refractivity contribution in [3.63, 3.8) is 0 Å². The Hall–Kier alpha value is -2.64. The summed E-state index contributed by atoms with van der Waals surface area (Å²) < 4.78 is 11.7. The largest absolute Gasteiger partial charge is 0.490 e. The van der Waals surface area contributed by atoms with Crippen molar-refractivity contribution in [2.75, 3.05) is 6.61 Å². The summed E-state index contributed by atoms with van der Waals surface area (Å²) in [6, 6.07) is 18.8. The predicted octanol–water partition coefficient (Wildman–Crippen LogP) is 8.00. The quantitative estimate of drug-likeness (QED) is 0.258. The Morgan fingerprint density at radius 1 is 0.968 bits per heavy atom. The van der Waals surface area contributed by atoms with E-state index in [9.17, 15) is 5.26 Å². The molecule has 6 heteroatoms. The summed E-state index contributed by atoms with van der Waals surface area (Å²) >= 11 is 18.7. The lowest BCUT2D eigenvalue weighted by molar-refractivity contribution is 0.269. The second kappa shape index (κ2) is 10.6. The lowest BCUT2D eigenvalue weighted by Crippen LogP contribution is -2.01. The molecule has 0 saturated heterocycles. The van der Waals surface area contributed by atoms with Crippen molar-refractivity contribution in [2.24, 2.45) is 0 Å². The van der Waals surface area contributed by atoms with E-state index in [2.05, 4.69) is 6.07 Å². The van der Waals surface area contributed by atoms with Crippen LogP contribution < -0.4 is 9.47 Å². The van der Waals surface area contributed by atoms with Crippen LogP contribution in [0.1, 0.15) is 29.2 Å². The van der Waals surface area contributed by atoms with Crippen molar-refractivity contribution in [1.29, 1.82) is 5.26 Å². The molecule has 0 atom stereocenters. The molecule has 0 aliphatic carbocycles. The number of rotatable bonds is 7. The molecule has 31 heavy (non-hydrogen) atoms. The van der Waals surface area contributed by atoms with Gasteiger partial charge in [-0.3, -0.25) is 0 Å². The van der Waals surface area contributed by atoms with Crippen LogP contribution in [-0.2, 0) is 6.61 Å². The molecule has 0 saturated carbocycles. The molecule has 0 radical (unpaired) electrons. The monoisotopic (exact) mass is 471 g/mol. The van der Waals surface area contributed by atoms with Crippen LogP contribution >= 0.6 is 34.8 Å². The van der Waals surface area contributed by atoms with Gasteiger partial charge in [-0.1, -0.05) is 70.7 Å². The highest BCUT2D eigenvalue weighted by molar-refractivity contribution is 6.35. The summed E-state index contributed by atoms with van der Waals surface area (Å²) in [5.41, 5.74) is 4.01. The molecule has 0 heterocycles. The molecular formula is C25H20Cl3NO2. The predicted molar refractivity (Wildman–Crippen MR) is 128 cm³/mol. The van der Waals surface area contributed by atoms with Crippen LogP contribution in [0, 0.1) is 18.3 Å². The third-order valence-corrected chi connectivity index (χ3v) is 5.38. The molecule has 0 amide bonds. The molecule has 3 aromatic rings. The number of allylic oxidation sites excluding steroid dienone is 1. The Morgan fingerprint density at radius 2 is 1.71 bits per heavy atom. The van der Waals surface area contributed by atoms with Gasteiger partial charge in [0, 0.05) is 15.6 Å². The van der Waals surface area contributed by atoms with Gasteiger partial charge in [-0.15, -0.1) is 0 Å². The van der Waals surface area contributed by atoms with Crippen LogP contribution in [0.25, 0.3) is 11.6 Å². The van der Waals surface area contributed by atoms with Gasteiger partial charge >= 0.3 is 0 Å². The van der Waals surface area contributed by atoms with Gasteiger partial charge in [0.15, 0.2) is 11.5 Å². The minimum Gasteiger partial charge on any atom is -0.490 e. The minimum absolute atomic E-state index is 0.206. The number of hydrogen-bond donors (Lipinski definition) is 0. The van der Waals surface area contributed by atoms with Crippen molar-refractivity contribution in [3.05, 3.63) is 91.9 Å². The van der Waals surface area contributed by atoms with Gasteiger partial charge in [0.1, 0.15) is 6.61 Å². The van der Waals surface area contributed by atoms with Crippen LogP contribution in [0.2, 0.25) is 15.1 Å². The first-order chi connectivity index (χ1) is 14.9. The second-order valence-electron chi connectivity index (χ2n) is 6.82. The van der Waals surface area contributed by atoms with E-state index in [4.69, 9.17) is 44.3 Å². The molecule has 3 aromatic carbocycles. The fourth-order valence-corrected chi connectivity index (χ4v) is 3.68. The number of ether oxygens (including phenoxy) is 2. The highest BCUT2D eigenvalue weighted by Gasteiger charge is 2.14. The van der Waals surface area contributed by atoms with Crippen LogP contribution in [0.5, 0.6) is 11.5 Å². The molecule has 3 nitrogen and oxygen atoms in total. The fraction of sp³-hybridized carbons (Fsp3) is 0.160. The summed E-state index contributed by atoms with van der Waals surface area (Å²) in [6.07, 6.45) is 1.78. The van der Waals surface area contributed by atoms with Crippen molar-refractivity contribution in [3.8, 4) is 17.6 Å². The number of aryl methyl sites for hydroxylation is 1. The van der Waals surface area contributed by atoms with Crippen molar-refractivity contribution in [1.82, 2.24) is 0 Å². The Kier molecular flexibility index (Phi) is 7.87. The van der Waals surface area contributed by atoms with E-state index in [1.807, 2.05) is 38.1 Å². The van der Waals surface area contributed by atoms with Gasteiger partial charge in [0.05, 0.1) is 23.3 Å².